The molecule has 30 heavy (non-hydrogen) atoms. The van der Waals surface area contributed by atoms with E-state index < -0.39 is 24.2 Å². The number of carbonyl (C=O) groups excluding carboxylic acids is 1. The number of nitrogens with zero attached hydrogens (tertiary/aromatic N) is 2. The summed E-state index contributed by atoms with van der Waals surface area (Å²) in [6.07, 6.45) is -3.51. The Balaban J connectivity index is 1.68. The van der Waals surface area contributed by atoms with E-state index in [1.54, 1.807) is 24.3 Å². The minimum atomic E-state index is -4.49. The van der Waals surface area contributed by atoms with E-state index in [0.717, 1.165) is 21.4 Å². The molecule has 2 N–H and O–H groups in total. The molecule has 1 amide bonds. The molecular weight excluding hydrogens is 393 g/mol. The second-order valence-corrected chi connectivity index (χ2v) is 7.57. The van der Waals surface area contributed by atoms with Crippen LogP contribution in [0.2, 0.25) is 0 Å². The Bertz CT molecular complexity index is 1060. The van der Waals surface area contributed by atoms with Crippen molar-refractivity contribution < 1.29 is 18.0 Å². The van der Waals surface area contributed by atoms with E-state index in [1.165, 1.54) is 6.20 Å². The van der Waals surface area contributed by atoms with Gasteiger partial charge in [-0.15, -0.1) is 0 Å². The fraction of sp³-hybridized carbons (Fsp3) is 0.273. The van der Waals surface area contributed by atoms with Crippen molar-refractivity contribution in [3.63, 3.8) is 0 Å². The molecule has 2 heterocycles. The number of carbonyl (C=O) groups is 1. The lowest BCUT2D eigenvalue weighted by Crippen LogP contribution is -2.36. The number of amides is 1. The molecule has 3 aromatic rings. The van der Waals surface area contributed by atoms with Gasteiger partial charge >= 0.3 is 6.18 Å². The fourth-order valence-corrected chi connectivity index (χ4v) is 3.58. The highest BCUT2D eigenvalue weighted by Gasteiger charge is 2.47. The smallest absolute Gasteiger partial charge is 0.363 e. The van der Waals surface area contributed by atoms with Crippen LogP contribution in [-0.4, -0.2) is 21.9 Å². The summed E-state index contributed by atoms with van der Waals surface area (Å²) in [7, 11) is 0. The highest BCUT2D eigenvalue weighted by Crippen LogP contribution is 2.44. The average molecular weight is 414 g/mol. The zero-order chi connectivity index (χ0) is 21.5. The van der Waals surface area contributed by atoms with Crippen LogP contribution in [0.15, 0.2) is 54.7 Å². The Kier molecular flexibility index (Phi) is 5.01. The van der Waals surface area contributed by atoms with E-state index in [9.17, 15) is 18.0 Å². The van der Waals surface area contributed by atoms with Crippen LogP contribution in [-0.2, 0) is 0 Å². The molecule has 2 atom stereocenters. The lowest BCUT2D eigenvalue weighted by atomic mass is 9.96. The van der Waals surface area contributed by atoms with Crippen molar-refractivity contribution in [1.29, 1.82) is 0 Å². The van der Waals surface area contributed by atoms with Crippen molar-refractivity contribution in [1.82, 2.24) is 9.78 Å². The van der Waals surface area contributed by atoms with Gasteiger partial charge in [-0.25, -0.2) is 4.68 Å². The molecule has 0 unspecified atom stereocenters. The maximum Gasteiger partial charge on any atom is 0.410 e. The first-order valence-electron chi connectivity index (χ1n) is 9.58. The number of nitrogens with one attached hydrogen (secondary N) is 2. The largest absolute Gasteiger partial charge is 0.410 e. The summed E-state index contributed by atoms with van der Waals surface area (Å²) in [6, 6.07) is 12.1. The number of aromatic nitrogens is 2. The maximum absolute atomic E-state index is 13.8. The fourth-order valence-electron chi connectivity index (χ4n) is 3.58. The van der Waals surface area contributed by atoms with Crippen molar-refractivity contribution >= 4 is 17.4 Å². The lowest BCUT2D eigenvalue weighted by Gasteiger charge is -2.34. The molecule has 2 aromatic carbocycles. The number of alkyl halides is 3. The molecular formula is C22H21F3N4O. The number of anilines is 2. The first-order chi connectivity index (χ1) is 14.2. The molecule has 0 saturated carbocycles. The first-order valence-corrected chi connectivity index (χ1v) is 9.58. The SMILES string of the molecule is Cc1ccc(NC(=O)c2cnn3c2N[C@@H](c2ccc(C)cc2)C[C@H]3C(F)(F)F)cc1. The van der Waals surface area contributed by atoms with Gasteiger partial charge in [0.15, 0.2) is 6.04 Å². The standard InChI is InChI=1S/C22H21F3N4O/c1-13-3-7-15(8-4-13)18-11-19(22(23,24)25)29-20(28-18)17(12-26-29)21(30)27-16-9-5-14(2)6-10-16/h3-10,12,18-19,28H,11H2,1-2H3,(H,27,30)/t18-,19+/m1/s1. The van der Waals surface area contributed by atoms with Gasteiger partial charge in [-0.3, -0.25) is 4.79 Å². The highest BCUT2D eigenvalue weighted by molar-refractivity contribution is 6.07. The van der Waals surface area contributed by atoms with Crippen LogP contribution in [0.3, 0.4) is 0 Å². The van der Waals surface area contributed by atoms with Gasteiger partial charge in [0.2, 0.25) is 0 Å². The summed E-state index contributed by atoms with van der Waals surface area (Å²) in [4.78, 5) is 12.8. The topological polar surface area (TPSA) is 59.0 Å². The van der Waals surface area contributed by atoms with Gasteiger partial charge in [0.25, 0.3) is 5.91 Å². The minimum absolute atomic E-state index is 0.0683. The maximum atomic E-state index is 13.8. The summed E-state index contributed by atoms with van der Waals surface area (Å²) in [5.74, 6) is -0.447. The quantitative estimate of drug-likeness (QED) is 0.602. The third-order valence-electron chi connectivity index (χ3n) is 5.27. The van der Waals surface area contributed by atoms with Crippen molar-refractivity contribution in [2.45, 2.75) is 38.5 Å². The van der Waals surface area contributed by atoms with Gasteiger partial charge in [0.1, 0.15) is 11.4 Å². The summed E-state index contributed by atoms with van der Waals surface area (Å²) in [5.41, 5.74) is 3.41. The average Bonchev–Trinajstić information content (AvgIpc) is 3.13. The van der Waals surface area contributed by atoms with Crippen LogP contribution in [0.4, 0.5) is 24.7 Å². The minimum Gasteiger partial charge on any atom is -0.363 e. The van der Waals surface area contributed by atoms with Gasteiger partial charge < -0.3 is 10.6 Å². The number of hydrogen-bond donors (Lipinski definition) is 2. The number of benzene rings is 2. The Labute approximate surface area is 171 Å². The van der Waals surface area contributed by atoms with E-state index in [2.05, 4.69) is 15.7 Å². The molecule has 1 aliphatic rings. The molecule has 0 spiro atoms. The summed E-state index contributed by atoms with van der Waals surface area (Å²) in [6.45, 7) is 3.84. The molecule has 0 radical (unpaired) electrons. The predicted octanol–water partition coefficient (Wildman–Crippen LogP) is 5.41. The molecule has 0 saturated heterocycles. The summed E-state index contributed by atoms with van der Waals surface area (Å²) >= 11 is 0. The van der Waals surface area contributed by atoms with Gasteiger partial charge in [-0.1, -0.05) is 47.5 Å². The normalized spacial score (nSPS) is 18.4. The zero-order valence-corrected chi connectivity index (χ0v) is 16.5. The van der Waals surface area contributed by atoms with Crippen LogP contribution < -0.4 is 10.6 Å². The molecule has 1 aliphatic heterocycles. The Morgan fingerprint density at radius 1 is 1.07 bits per heavy atom. The summed E-state index contributed by atoms with van der Waals surface area (Å²) in [5, 5.41) is 9.72. The van der Waals surface area contributed by atoms with Gasteiger partial charge in [0.05, 0.1) is 12.2 Å². The number of hydrogen-bond acceptors (Lipinski definition) is 3. The van der Waals surface area contributed by atoms with Gasteiger partial charge in [-0.2, -0.15) is 18.3 Å². The van der Waals surface area contributed by atoms with E-state index in [1.807, 2.05) is 38.1 Å². The number of aryl methyl sites for hydroxylation is 2. The summed E-state index contributed by atoms with van der Waals surface area (Å²) < 4.78 is 42.2. The van der Waals surface area contributed by atoms with Crippen LogP contribution in [0, 0.1) is 13.8 Å². The van der Waals surface area contributed by atoms with E-state index in [0.29, 0.717) is 5.69 Å². The lowest BCUT2D eigenvalue weighted by molar-refractivity contribution is -0.173. The number of rotatable bonds is 3. The van der Waals surface area contributed by atoms with Crippen LogP contribution in [0.5, 0.6) is 0 Å². The van der Waals surface area contributed by atoms with Crippen LogP contribution in [0.1, 0.15) is 45.6 Å². The first kappa shape index (κ1) is 20.0. The third-order valence-corrected chi connectivity index (χ3v) is 5.27. The highest BCUT2D eigenvalue weighted by atomic mass is 19.4. The monoisotopic (exact) mass is 414 g/mol. The second kappa shape index (κ2) is 7.51. The van der Waals surface area contributed by atoms with Crippen molar-refractivity contribution in [2.24, 2.45) is 0 Å². The molecule has 4 rings (SSSR count). The Morgan fingerprint density at radius 2 is 1.67 bits per heavy atom. The third kappa shape index (κ3) is 3.90. The van der Waals surface area contributed by atoms with Crippen molar-refractivity contribution in [3.8, 4) is 0 Å². The Hall–Kier alpha value is -3.29. The van der Waals surface area contributed by atoms with Crippen LogP contribution >= 0.6 is 0 Å². The molecule has 5 nitrogen and oxygen atoms in total. The van der Waals surface area contributed by atoms with Gasteiger partial charge in [0, 0.05) is 12.1 Å². The molecule has 8 heteroatoms. The molecule has 1 aromatic heterocycles. The van der Waals surface area contributed by atoms with Gasteiger partial charge in [-0.05, 0) is 31.5 Å². The Morgan fingerprint density at radius 3 is 2.27 bits per heavy atom. The molecule has 156 valence electrons. The molecule has 0 aliphatic carbocycles. The van der Waals surface area contributed by atoms with Crippen molar-refractivity contribution in [2.75, 3.05) is 10.6 Å². The second-order valence-electron chi connectivity index (χ2n) is 7.57. The number of fused-ring (bicyclic) bond motifs is 1. The number of halogens is 3. The molecule has 0 fully saturated rings. The van der Waals surface area contributed by atoms with Crippen LogP contribution in [0.25, 0.3) is 0 Å². The van der Waals surface area contributed by atoms with E-state index >= 15 is 0 Å². The van der Waals surface area contributed by atoms with E-state index in [4.69, 9.17) is 0 Å². The predicted molar refractivity (Wildman–Crippen MR) is 109 cm³/mol. The zero-order valence-electron chi connectivity index (χ0n) is 16.5. The molecule has 0 bridgehead atoms. The van der Waals surface area contributed by atoms with E-state index in [-0.39, 0.29) is 17.8 Å². The van der Waals surface area contributed by atoms with Crippen molar-refractivity contribution in [3.05, 3.63) is 77.0 Å².